The fourth-order valence-corrected chi connectivity index (χ4v) is 4.83. The highest BCUT2D eigenvalue weighted by atomic mass is 16.7. The molecule has 9 heteroatoms. The van der Waals surface area contributed by atoms with Gasteiger partial charge in [0.15, 0.2) is 11.5 Å². The molecule has 182 valence electrons. The minimum Gasteiger partial charge on any atom is -0.461 e. The molecule has 0 saturated carbocycles. The summed E-state index contributed by atoms with van der Waals surface area (Å²) in [5.41, 5.74) is 4.35. The molecule has 3 aliphatic rings. The van der Waals surface area contributed by atoms with Crippen LogP contribution in [0.5, 0.6) is 17.2 Å². The lowest BCUT2D eigenvalue weighted by Crippen LogP contribution is -2.54. The first-order chi connectivity index (χ1) is 16.8. The summed E-state index contributed by atoms with van der Waals surface area (Å²) < 4.78 is 28.1. The Bertz CT molecular complexity index is 1370. The Labute approximate surface area is 200 Å². The zero-order valence-electron chi connectivity index (χ0n) is 19.1. The average molecular weight is 480 g/mol. The molecule has 6 rings (SSSR count). The molecule has 9 nitrogen and oxygen atoms in total. The van der Waals surface area contributed by atoms with E-state index in [4.69, 9.17) is 23.7 Å². The second kappa shape index (κ2) is 8.10. The molecule has 1 fully saturated rings. The maximum absolute atomic E-state index is 13.0. The van der Waals surface area contributed by atoms with E-state index in [0.717, 1.165) is 22.1 Å². The number of carbonyl (C=O) groups excluding carboxylic acids is 1. The van der Waals surface area contributed by atoms with E-state index in [9.17, 15) is 20.1 Å². The first-order valence-electron chi connectivity index (χ1n) is 11.3. The molecule has 3 N–H and O–H groups in total. The van der Waals surface area contributed by atoms with Crippen LogP contribution in [0.25, 0.3) is 21.9 Å². The maximum atomic E-state index is 13.0. The minimum atomic E-state index is -1.48. The first-order valence-corrected chi connectivity index (χ1v) is 11.3. The van der Waals surface area contributed by atoms with Gasteiger partial charge in [-0.3, -0.25) is 0 Å². The number of fused-ring (bicyclic) bond motifs is 3. The van der Waals surface area contributed by atoms with Gasteiger partial charge in [0.2, 0.25) is 13.1 Å². The summed E-state index contributed by atoms with van der Waals surface area (Å²) in [7, 11) is 0. The molecule has 3 aliphatic heterocycles. The van der Waals surface area contributed by atoms with E-state index in [2.05, 4.69) is 0 Å². The van der Waals surface area contributed by atoms with Crippen LogP contribution in [-0.4, -0.2) is 59.3 Å². The third kappa shape index (κ3) is 3.42. The number of aryl methyl sites for hydroxylation is 2. The molecule has 0 bridgehead atoms. The highest BCUT2D eigenvalue weighted by Gasteiger charge is 2.41. The largest absolute Gasteiger partial charge is 0.461 e. The summed E-state index contributed by atoms with van der Waals surface area (Å²) in [5.74, 6) is 1.07. The van der Waals surface area contributed by atoms with Gasteiger partial charge in [-0.2, -0.15) is 0 Å². The Morgan fingerprint density at radius 3 is 2.43 bits per heavy atom. The Hall–Kier alpha value is -3.37. The van der Waals surface area contributed by atoms with Crippen molar-refractivity contribution in [2.45, 2.75) is 45.1 Å². The van der Waals surface area contributed by atoms with Gasteiger partial charge in [0, 0.05) is 16.5 Å². The van der Waals surface area contributed by atoms with E-state index >= 15 is 0 Å². The predicted molar refractivity (Wildman–Crippen MR) is 122 cm³/mol. The molecule has 3 aromatic rings. The van der Waals surface area contributed by atoms with Gasteiger partial charge in [0.1, 0.15) is 30.7 Å². The average Bonchev–Trinajstić information content (AvgIpc) is 3.46. The van der Waals surface area contributed by atoms with Gasteiger partial charge in [0.05, 0.1) is 12.2 Å². The third-order valence-electron chi connectivity index (χ3n) is 6.87. The lowest BCUT2D eigenvalue weighted by molar-refractivity contribution is -0.241. The van der Waals surface area contributed by atoms with Crippen molar-refractivity contribution in [1.82, 2.24) is 0 Å². The fraction of sp³-hybridized carbons (Fsp3) is 0.346. The van der Waals surface area contributed by atoms with Crippen LogP contribution in [0.3, 0.4) is 0 Å². The molecule has 1 saturated heterocycles. The summed E-state index contributed by atoms with van der Waals surface area (Å²) in [5, 5.41) is 31.9. The molecular formula is C26H24O9. The van der Waals surface area contributed by atoms with Crippen LogP contribution in [-0.2, 0) is 16.1 Å². The van der Waals surface area contributed by atoms with Gasteiger partial charge in [-0.25, -0.2) is 4.79 Å². The van der Waals surface area contributed by atoms with Crippen LogP contribution >= 0.6 is 0 Å². The lowest BCUT2D eigenvalue weighted by Gasteiger charge is -2.35. The SMILES string of the molecule is Cc1cc2c(OC3OCC(O)C(O)C3O)c3c(c(-c4ccc5c(c4)OCO5)c2cc1C)C(=O)OC3. The minimum absolute atomic E-state index is 0.0160. The number of rotatable bonds is 3. The number of aliphatic hydroxyl groups excluding tert-OH is 3. The van der Waals surface area contributed by atoms with E-state index < -0.39 is 30.6 Å². The second-order valence-electron chi connectivity index (χ2n) is 9.05. The number of ether oxygens (including phenoxy) is 5. The molecule has 0 radical (unpaired) electrons. The number of carbonyl (C=O) groups is 1. The van der Waals surface area contributed by atoms with Crippen LogP contribution < -0.4 is 14.2 Å². The Morgan fingerprint density at radius 2 is 1.63 bits per heavy atom. The lowest BCUT2D eigenvalue weighted by atomic mass is 9.88. The third-order valence-corrected chi connectivity index (χ3v) is 6.87. The summed E-state index contributed by atoms with van der Waals surface area (Å²) in [6, 6.07) is 9.46. The monoisotopic (exact) mass is 480 g/mol. The van der Waals surface area contributed by atoms with Crippen LogP contribution in [0.15, 0.2) is 30.3 Å². The van der Waals surface area contributed by atoms with Crippen LogP contribution in [0.2, 0.25) is 0 Å². The quantitative estimate of drug-likeness (QED) is 0.485. The first kappa shape index (κ1) is 22.1. The van der Waals surface area contributed by atoms with Gasteiger partial charge in [-0.1, -0.05) is 12.1 Å². The van der Waals surface area contributed by atoms with Crippen LogP contribution in [0.1, 0.15) is 27.0 Å². The Balaban J connectivity index is 1.59. The van der Waals surface area contributed by atoms with Crippen molar-refractivity contribution >= 4 is 16.7 Å². The summed E-state index contributed by atoms with van der Waals surface area (Å²) in [6.45, 7) is 3.87. The number of cyclic esters (lactones) is 1. The van der Waals surface area contributed by atoms with Gasteiger partial charge < -0.3 is 39.0 Å². The van der Waals surface area contributed by atoms with E-state index in [1.54, 1.807) is 6.07 Å². The second-order valence-corrected chi connectivity index (χ2v) is 9.05. The number of hydrogen-bond acceptors (Lipinski definition) is 9. The highest BCUT2D eigenvalue weighted by Crippen LogP contribution is 2.47. The van der Waals surface area contributed by atoms with E-state index in [0.29, 0.717) is 39.3 Å². The van der Waals surface area contributed by atoms with Gasteiger partial charge >= 0.3 is 5.97 Å². The molecular weight excluding hydrogens is 456 g/mol. The summed E-state index contributed by atoms with van der Waals surface area (Å²) >= 11 is 0. The fourth-order valence-electron chi connectivity index (χ4n) is 4.83. The molecule has 0 aromatic heterocycles. The smallest absolute Gasteiger partial charge is 0.339 e. The Morgan fingerprint density at radius 1 is 0.886 bits per heavy atom. The van der Waals surface area contributed by atoms with Crippen LogP contribution in [0, 0.1) is 13.8 Å². The van der Waals surface area contributed by atoms with Crippen LogP contribution in [0.4, 0.5) is 0 Å². The molecule has 0 aliphatic carbocycles. The van der Waals surface area contributed by atoms with Gasteiger partial charge in [-0.15, -0.1) is 0 Å². The van der Waals surface area contributed by atoms with Crippen molar-refractivity contribution in [3.63, 3.8) is 0 Å². The van der Waals surface area contributed by atoms with E-state index in [1.165, 1.54) is 0 Å². The van der Waals surface area contributed by atoms with Crippen molar-refractivity contribution in [1.29, 1.82) is 0 Å². The van der Waals surface area contributed by atoms with Crippen molar-refractivity contribution in [2.75, 3.05) is 13.4 Å². The van der Waals surface area contributed by atoms with Gasteiger partial charge in [0.25, 0.3) is 0 Å². The van der Waals surface area contributed by atoms with E-state index in [1.807, 2.05) is 38.1 Å². The molecule has 3 aromatic carbocycles. The Kier molecular flexibility index (Phi) is 5.12. The normalized spacial score (nSPS) is 25.0. The summed E-state index contributed by atoms with van der Waals surface area (Å²) in [6.07, 6.45) is -5.38. The molecule has 4 unspecified atom stereocenters. The standard InChI is InChI=1S/C26H24O9/c1-11-5-14-15(6-12(11)2)24(35-26-23(29)22(28)17(27)9-32-26)16-8-31-25(30)21(16)20(14)13-3-4-18-19(7-13)34-10-33-18/h3-7,17,22-23,26-29H,8-10H2,1-2H3. The van der Waals surface area contributed by atoms with Crippen molar-refractivity contribution < 1.29 is 43.8 Å². The van der Waals surface area contributed by atoms with E-state index in [-0.39, 0.29) is 20.0 Å². The number of esters is 1. The maximum Gasteiger partial charge on any atom is 0.339 e. The molecule has 0 amide bonds. The van der Waals surface area contributed by atoms with Crippen molar-refractivity contribution in [2.24, 2.45) is 0 Å². The number of aliphatic hydroxyl groups is 3. The highest BCUT2D eigenvalue weighted by molar-refractivity contribution is 6.13. The number of hydrogen-bond donors (Lipinski definition) is 3. The number of benzene rings is 3. The van der Waals surface area contributed by atoms with Crippen molar-refractivity contribution in [3.05, 3.63) is 52.6 Å². The predicted octanol–water partition coefficient (Wildman–Crippen LogP) is 2.34. The zero-order chi connectivity index (χ0) is 24.4. The molecule has 4 atom stereocenters. The molecule has 0 spiro atoms. The van der Waals surface area contributed by atoms with Gasteiger partial charge in [-0.05, 0) is 54.1 Å². The topological polar surface area (TPSA) is 124 Å². The zero-order valence-corrected chi connectivity index (χ0v) is 19.1. The molecule has 35 heavy (non-hydrogen) atoms. The van der Waals surface area contributed by atoms with Crippen molar-refractivity contribution in [3.8, 4) is 28.4 Å². The molecule has 3 heterocycles. The summed E-state index contributed by atoms with van der Waals surface area (Å²) in [4.78, 5) is 13.0.